The molecule has 1 saturated heterocycles. The van der Waals surface area contributed by atoms with Crippen LogP contribution in [0.1, 0.15) is 53.9 Å². The second kappa shape index (κ2) is 9.41. The van der Waals surface area contributed by atoms with Gasteiger partial charge >= 0.3 is 0 Å². The Hall–Kier alpha value is -1.81. The third kappa shape index (κ3) is 6.10. The van der Waals surface area contributed by atoms with Gasteiger partial charge in [0, 0.05) is 18.4 Å². The largest absolute Gasteiger partial charge is 0.288 e. The summed E-state index contributed by atoms with van der Waals surface area (Å²) in [4.78, 5) is 25.0. The summed E-state index contributed by atoms with van der Waals surface area (Å²) < 4.78 is 0. The zero-order valence-electron chi connectivity index (χ0n) is 17.2. The second-order valence-electron chi connectivity index (χ2n) is 8.03. The third-order valence-corrected chi connectivity index (χ3v) is 6.01. The first-order chi connectivity index (χ1) is 12.7. The summed E-state index contributed by atoms with van der Waals surface area (Å²) in [7, 11) is 0. The van der Waals surface area contributed by atoms with Crippen LogP contribution in [0.25, 0.3) is 0 Å². The smallest absolute Gasteiger partial charge is 0.269 e. The lowest BCUT2D eigenvalue weighted by atomic mass is 9.72. The third-order valence-electron chi connectivity index (χ3n) is 5.15. The van der Waals surface area contributed by atoms with E-state index >= 15 is 0 Å². The number of allylic oxidation sites excluding steroid dienone is 9. The van der Waals surface area contributed by atoms with Gasteiger partial charge in [0.2, 0.25) is 0 Å². The molecule has 4 heteroatoms. The van der Waals surface area contributed by atoms with Crippen LogP contribution in [-0.4, -0.2) is 28.3 Å². The SMILES string of the molecule is CC(C=CC1=C(C)CCCC1(C)C)=CC=CC(C)=CC(=O)N1CCSC1=O. The highest BCUT2D eigenvalue weighted by molar-refractivity contribution is 8.13. The fraction of sp³-hybridized carbons (Fsp3) is 0.478. The van der Waals surface area contributed by atoms with Gasteiger partial charge in [0.1, 0.15) is 0 Å². The lowest BCUT2D eigenvalue weighted by Gasteiger charge is -2.32. The molecule has 2 rings (SSSR count). The van der Waals surface area contributed by atoms with Crippen molar-refractivity contribution in [3.05, 3.63) is 58.7 Å². The molecule has 1 aliphatic carbocycles. The molecule has 0 unspecified atom stereocenters. The molecule has 0 saturated carbocycles. The quantitative estimate of drug-likeness (QED) is 0.417. The van der Waals surface area contributed by atoms with E-state index in [0.29, 0.717) is 12.3 Å². The maximum Gasteiger partial charge on any atom is 0.288 e. The first-order valence-corrected chi connectivity index (χ1v) is 10.6. The van der Waals surface area contributed by atoms with Crippen LogP contribution in [0.2, 0.25) is 0 Å². The number of nitrogens with zero attached hydrogens (tertiary/aromatic N) is 1. The van der Waals surface area contributed by atoms with Gasteiger partial charge in [-0.2, -0.15) is 0 Å². The number of carbonyl (C=O) groups excluding carboxylic acids is 2. The molecule has 1 fully saturated rings. The van der Waals surface area contributed by atoms with Crippen LogP contribution < -0.4 is 0 Å². The van der Waals surface area contributed by atoms with E-state index in [-0.39, 0.29) is 16.6 Å². The summed E-state index contributed by atoms with van der Waals surface area (Å²) in [5.74, 6) is 0.462. The Morgan fingerprint density at radius 1 is 1.19 bits per heavy atom. The first-order valence-electron chi connectivity index (χ1n) is 9.60. The normalized spacial score (nSPS) is 21.8. The van der Waals surface area contributed by atoms with Crippen LogP contribution in [0.15, 0.2) is 58.7 Å². The zero-order valence-corrected chi connectivity index (χ0v) is 18.0. The van der Waals surface area contributed by atoms with Gasteiger partial charge in [-0.05, 0) is 56.6 Å². The van der Waals surface area contributed by atoms with Crippen molar-refractivity contribution in [2.45, 2.75) is 53.9 Å². The van der Waals surface area contributed by atoms with Crippen molar-refractivity contribution in [1.82, 2.24) is 4.90 Å². The highest BCUT2D eigenvalue weighted by atomic mass is 32.2. The predicted molar refractivity (Wildman–Crippen MR) is 116 cm³/mol. The highest BCUT2D eigenvalue weighted by Gasteiger charge is 2.26. The Morgan fingerprint density at radius 2 is 1.93 bits per heavy atom. The molecule has 0 aromatic heterocycles. The minimum atomic E-state index is -0.227. The van der Waals surface area contributed by atoms with E-state index < -0.39 is 0 Å². The van der Waals surface area contributed by atoms with Crippen LogP contribution in [0.3, 0.4) is 0 Å². The Bertz CT molecular complexity index is 750. The topological polar surface area (TPSA) is 37.4 Å². The van der Waals surface area contributed by atoms with Crippen LogP contribution in [-0.2, 0) is 4.79 Å². The molecule has 0 spiro atoms. The minimum Gasteiger partial charge on any atom is -0.269 e. The van der Waals surface area contributed by atoms with Crippen LogP contribution in [0.4, 0.5) is 4.79 Å². The average molecular weight is 386 g/mol. The number of hydrogen-bond acceptors (Lipinski definition) is 3. The van der Waals surface area contributed by atoms with Crippen molar-refractivity contribution < 1.29 is 9.59 Å². The minimum absolute atomic E-state index is 0.149. The van der Waals surface area contributed by atoms with Gasteiger partial charge in [0.25, 0.3) is 11.1 Å². The average Bonchev–Trinajstić information content (AvgIpc) is 3.00. The lowest BCUT2D eigenvalue weighted by molar-refractivity contribution is -0.122. The molecule has 27 heavy (non-hydrogen) atoms. The molecule has 1 aliphatic heterocycles. The van der Waals surface area contributed by atoms with Crippen molar-refractivity contribution in [3.8, 4) is 0 Å². The van der Waals surface area contributed by atoms with Gasteiger partial charge in [0.05, 0.1) is 0 Å². The maximum atomic E-state index is 12.1. The standard InChI is InChI=1S/C23H31NO2S/c1-17(11-12-20-19(3)10-7-13-23(20,4)5)8-6-9-18(2)16-21(25)24-14-15-27-22(24)26/h6,8-9,11-12,16H,7,10,13-15H2,1-5H3. The number of rotatable bonds is 5. The van der Waals surface area contributed by atoms with Gasteiger partial charge in [-0.1, -0.05) is 67.1 Å². The Balaban J connectivity index is 1.99. The molecule has 0 aromatic carbocycles. The van der Waals surface area contributed by atoms with Gasteiger partial charge in [-0.15, -0.1) is 0 Å². The number of hydrogen-bond donors (Lipinski definition) is 0. The Kier molecular flexibility index (Phi) is 7.49. The number of imide groups is 1. The van der Waals surface area contributed by atoms with E-state index in [9.17, 15) is 9.59 Å². The maximum absolute atomic E-state index is 12.1. The summed E-state index contributed by atoms with van der Waals surface area (Å²) in [5, 5.41) is -0.149. The molecule has 0 bridgehead atoms. The van der Waals surface area contributed by atoms with Gasteiger partial charge < -0.3 is 0 Å². The van der Waals surface area contributed by atoms with E-state index in [4.69, 9.17) is 0 Å². The van der Waals surface area contributed by atoms with E-state index in [1.165, 1.54) is 53.1 Å². The van der Waals surface area contributed by atoms with Crippen LogP contribution >= 0.6 is 11.8 Å². The number of thioether (sulfide) groups is 1. The second-order valence-corrected chi connectivity index (χ2v) is 9.07. The molecule has 2 aliphatic rings. The summed E-state index contributed by atoms with van der Waals surface area (Å²) in [6.45, 7) is 11.3. The molecule has 0 radical (unpaired) electrons. The van der Waals surface area contributed by atoms with Gasteiger partial charge in [-0.25, -0.2) is 0 Å². The van der Waals surface area contributed by atoms with Crippen LogP contribution in [0, 0.1) is 5.41 Å². The van der Waals surface area contributed by atoms with Crippen LogP contribution in [0.5, 0.6) is 0 Å². The summed E-state index contributed by atoms with van der Waals surface area (Å²) in [6.07, 6.45) is 15.6. The van der Waals surface area contributed by atoms with E-state index in [1.54, 1.807) is 0 Å². The molecular weight excluding hydrogens is 354 g/mol. The van der Waals surface area contributed by atoms with Gasteiger partial charge in [-0.3, -0.25) is 14.5 Å². The van der Waals surface area contributed by atoms with Crippen molar-refractivity contribution in [3.63, 3.8) is 0 Å². The van der Waals surface area contributed by atoms with E-state index in [1.807, 2.05) is 25.2 Å². The highest BCUT2D eigenvalue weighted by Crippen LogP contribution is 2.40. The molecule has 3 nitrogen and oxygen atoms in total. The number of carbonyl (C=O) groups is 2. The Morgan fingerprint density at radius 3 is 2.56 bits per heavy atom. The molecule has 2 amide bonds. The summed E-state index contributed by atoms with van der Waals surface area (Å²) in [6, 6.07) is 0. The van der Waals surface area contributed by atoms with Crippen molar-refractivity contribution in [2.24, 2.45) is 5.41 Å². The molecule has 0 N–H and O–H groups in total. The van der Waals surface area contributed by atoms with Crippen molar-refractivity contribution in [1.29, 1.82) is 0 Å². The molecule has 0 atom stereocenters. The fourth-order valence-corrected chi connectivity index (χ4v) is 4.33. The predicted octanol–water partition coefficient (Wildman–Crippen LogP) is 6.21. The van der Waals surface area contributed by atoms with Crippen molar-refractivity contribution >= 4 is 22.9 Å². The van der Waals surface area contributed by atoms with Gasteiger partial charge in [0.15, 0.2) is 0 Å². The zero-order chi connectivity index (χ0) is 20.0. The Labute approximate surface area is 168 Å². The summed E-state index contributed by atoms with van der Waals surface area (Å²) >= 11 is 1.20. The fourth-order valence-electron chi connectivity index (χ4n) is 3.55. The summed E-state index contributed by atoms with van der Waals surface area (Å²) in [5.41, 5.74) is 5.21. The monoisotopic (exact) mass is 385 g/mol. The van der Waals surface area contributed by atoms with E-state index in [2.05, 4.69) is 39.8 Å². The lowest BCUT2D eigenvalue weighted by Crippen LogP contribution is -2.29. The molecular formula is C23H31NO2S. The first kappa shape index (κ1) is 21.5. The molecule has 0 aromatic rings. The van der Waals surface area contributed by atoms with E-state index in [0.717, 1.165) is 11.1 Å². The molecule has 1 heterocycles. The van der Waals surface area contributed by atoms with Crippen molar-refractivity contribution in [2.75, 3.05) is 12.3 Å². The molecule has 146 valence electrons. The number of amides is 2.